The zero-order valence-corrected chi connectivity index (χ0v) is 17.8. The van der Waals surface area contributed by atoms with Gasteiger partial charge in [-0.2, -0.15) is 0 Å². The molecule has 0 aromatic carbocycles. The molecule has 2 rings (SSSR count). The lowest BCUT2D eigenvalue weighted by molar-refractivity contribution is -0.143. The number of nitrogens with two attached hydrogens (primary N) is 1. The first kappa shape index (κ1) is 28.4. The van der Waals surface area contributed by atoms with Crippen molar-refractivity contribution in [3.05, 3.63) is 0 Å². The highest BCUT2D eigenvalue weighted by Gasteiger charge is 2.27. The van der Waals surface area contributed by atoms with Gasteiger partial charge in [0.05, 0.1) is 17.8 Å². The van der Waals surface area contributed by atoms with Gasteiger partial charge in [0, 0.05) is 46.2 Å². The Balaban J connectivity index is 0.000000451. The maximum Gasteiger partial charge on any atom is 0.317 e. The van der Waals surface area contributed by atoms with Crippen LogP contribution in [0.2, 0.25) is 0 Å². The zero-order chi connectivity index (χ0) is 24.8. The molecule has 2 heterocycles. The van der Waals surface area contributed by atoms with Gasteiger partial charge in [0.2, 0.25) is 5.91 Å². The third-order valence-corrected chi connectivity index (χ3v) is 4.30. The number of aliphatic carboxylic acids is 3. The van der Waals surface area contributed by atoms with Crippen molar-refractivity contribution in [3.63, 3.8) is 0 Å². The summed E-state index contributed by atoms with van der Waals surface area (Å²) in [6, 6.07) is -0.500. The molecular weight excluding hydrogens is 432 g/mol. The number of primary amides is 1. The number of carboxylic acids is 3. The number of nitrogens with one attached hydrogen (secondary N) is 4. The van der Waals surface area contributed by atoms with E-state index in [2.05, 4.69) is 21.3 Å². The van der Waals surface area contributed by atoms with Crippen molar-refractivity contribution >= 4 is 35.9 Å². The van der Waals surface area contributed by atoms with Crippen LogP contribution in [0.15, 0.2) is 0 Å². The van der Waals surface area contributed by atoms with E-state index < -0.39 is 41.6 Å². The number of amides is 5. The van der Waals surface area contributed by atoms with Crippen molar-refractivity contribution in [2.75, 3.05) is 46.8 Å². The third-order valence-electron chi connectivity index (χ3n) is 4.30. The summed E-state index contributed by atoms with van der Waals surface area (Å²) in [5.41, 5.74) is 4.83. The Kier molecular flexibility index (Phi) is 12.8. The molecule has 0 bridgehead atoms. The monoisotopic (exact) mass is 462 g/mol. The van der Waals surface area contributed by atoms with E-state index in [1.54, 1.807) is 14.1 Å². The van der Waals surface area contributed by atoms with Crippen LogP contribution in [0.5, 0.6) is 0 Å². The lowest BCUT2D eigenvalue weighted by atomic mass is 10.1. The smallest absolute Gasteiger partial charge is 0.317 e. The van der Waals surface area contributed by atoms with Gasteiger partial charge in [-0.25, -0.2) is 9.59 Å². The number of nitrogens with zero attached hydrogens (tertiary/aromatic N) is 1. The van der Waals surface area contributed by atoms with Crippen LogP contribution in [0.25, 0.3) is 0 Å². The topological polar surface area (TPSA) is 240 Å². The molecule has 0 aromatic heterocycles. The Morgan fingerprint density at radius 2 is 1.53 bits per heavy atom. The average Bonchev–Trinajstić information content (AvgIpc) is 2.70. The fourth-order valence-corrected chi connectivity index (χ4v) is 2.47. The summed E-state index contributed by atoms with van der Waals surface area (Å²) >= 11 is 0. The lowest BCUT2D eigenvalue weighted by Crippen LogP contribution is -2.51. The average molecular weight is 462 g/mol. The van der Waals surface area contributed by atoms with Gasteiger partial charge in [0.15, 0.2) is 0 Å². The molecule has 0 aromatic rings. The molecule has 15 heteroatoms. The fraction of sp³-hybridized carbons (Fsp3) is 0.647. The molecule has 9 N–H and O–H groups in total. The Morgan fingerprint density at radius 1 is 1.03 bits per heavy atom. The first-order chi connectivity index (χ1) is 14.9. The van der Waals surface area contributed by atoms with Crippen molar-refractivity contribution in [2.45, 2.75) is 6.42 Å². The molecule has 2 aliphatic heterocycles. The summed E-state index contributed by atoms with van der Waals surface area (Å²) in [6.07, 6.45) is -0.115. The Bertz CT molecular complexity index is 692. The van der Waals surface area contributed by atoms with Crippen molar-refractivity contribution in [1.82, 2.24) is 26.2 Å². The molecule has 5 amide bonds. The van der Waals surface area contributed by atoms with E-state index in [1.807, 2.05) is 0 Å². The molecule has 2 atom stereocenters. The number of carboxylic acid groups (broad SMARTS) is 3. The molecular formula is C17H30N6O9. The van der Waals surface area contributed by atoms with Crippen LogP contribution in [-0.2, 0) is 19.2 Å². The van der Waals surface area contributed by atoms with E-state index in [1.165, 1.54) is 4.90 Å². The largest absolute Gasteiger partial charge is 0.481 e. The van der Waals surface area contributed by atoms with E-state index in [0.29, 0.717) is 6.54 Å². The molecule has 0 radical (unpaired) electrons. The minimum absolute atomic E-state index is 0.115. The zero-order valence-electron chi connectivity index (χ0n) is 17.8. The second-order valence-electron chi connectivity index (χ2n) is 6.99. The Hall–Kier alpha value is -3.62. The molecule has 0 aliphatic carbocycles. The van der Waals surface area contributed by atoms with Gasteiger partial charge >= 0.3 is 30.0 Å². The first-order valence-corrected chi connectivity index (χ1v) is 9.50. The van der Waals surface area contributed by atoms with Crippen LogP contribution >= 0.6 is 0 Å². The van der Waals surface area contributed by atoms with E-state index in [0.717, 1.165) is 0 Å². The number of carbonyl (C=O) groups is 6. The molecule has 32 heavy (non-hydrogen) atoms. The van der Waals surface area contributed by atoms with Crippen LogP contribution in [0, 0.1) is 17.8 Å². The van der Waals surface area contributed by atoms with Crippen molar-refractivity contribution < 1.29 is 44.1 Å². The van der Waals surface area contributed by atoms with Crippen LogP contribution in [0.4, 0.5) is 9.59 Å². The number of urea groups is 2. The Labute approximate surface area is 183 Å². The van der Waals surface area contributed by atoms with E-state index in [-0.39, 0.29) is 44.7 Å². The highest BCUT2D eigenvalue weighted by molar-refractivity contribution is 5.81. The minimum Gasteiger partial charge on any atom is -0.481 e. The third kappa shape index (κ3) is 11.5. The number of carbonyl (C=O) groups excluding carboxylic acids is 3. The quantitative estimate of drug-likeness (QED) is 0.192. The molecule has 2 aliphatic rings. The molecule has 182 valence electrons. The molecule has 15 nitrogen and oxygen atoms in total. The second-order valence-corrected chi connectivity index (χ2v) is 6.99. The normalized spacial score (nSPS) is 18.8. The van der Waals surface area contributed by atoms with Crippen LogP contribution < -0.4 is 27.0 Å². The maximum absolute atomic E-state index is 10.8. The van der Waals surface area contributed by atoms with Gasteiger partial charge in [-0.05, 0) is 7.05 Å². The summed E-state index contributed by atoms with van der Waals surface area (Å²) in [7, 11) is 3.20. The predicted octanol–water partition coefficient (Wildman–Crippen LogP) is -2.88. The summed E-state index contributed by atoms with van der Waals surface area (Å²) in [6.45, 7) is 1.24. The number of hydrogen-bond acceptors (Lipinski definition) is 7. The van der Waals surface area contributed by atoms with Crippen LogP contribution in [0.1, 0.15) is 6.42 Å². The van der Waals surface area contributed by atoms with Crippen molar-refractivity contribution in [1.29, 1.82) is 0 Å². The summed E-state index contributed by atoms with van der Waals surface area (Å²) in [4.78, 5) is 64.0. The van der Waals surface area contributed by atoms with Gasteiger partial charge in [0.1, 0.15) is 0 Å². The molecule has 2 unspecified atom stereocenters. The standard InChI is InChI=1S/C6H10N2O3.C6H12N2O3.C5H8N2O3/c1-8-3-4(5(9)10)2-7-6(8)11;1-8-3-4(6(10)11)2-5(7)9;8-4(9)3-1-6-5(10)7-2-3/h4H,2-3H2,1H3,(H,7,11)(H,9,10);4,8H,2-3H2,1H3,(H2,7,9)(H,10,11);3H,1-2H2,(H,8,9)(H2,6,7,10). The molecule has 0 spiro atoms. The fourth-order valence-electron chi connectivity index (χ4n) is 2.47. The molecule has 2 fully saturated rings. The van der Waals surface area contributed by atoms with Gasteiger partial charge < -0.3 is 47.2 Å². The summed E-state index contributed by atoms with van der Waals surface area (Å²) < 4.78 is 0. The van der Waals surface area contributed by atoms with E-state index in [4.69, 9.17) is 21.1 Å². The second kappa shape index (κ2) is 14.4. The van der Waals surface area contributed by atoms with Crippen molar-refractivity contribution in [3.8, 4) is 0 Å². The molecule has 2 saturated heterocycles. The predicted molar refractivity (Wildman–Crippen MR) is 109 cm³/mol. The SMILES string of the molecule is CN1CC(C(=O)O)CNC1=O.CNCC(CC(N)=O)C(=O)O.O=C1NCC(C(=O)O)CN1. The van der Waals surface area contributed by atoms with Gasteiger partial charge in [-0.15, -0.1) is 0 Å². The highest BCUT2D eigenvalue weighted by atomic mass is 16.4. The summed E-state index contributed by atoms with van der Waals surface area (Å²) in [5, 5.41) is 35.4. The number of rotatable bonds is 7. The van der Waals surface area contributed by atoms with Gasteiger partial charge in [-0.3, -0.25) is 19.2 Å². The van der Waals surface area contributed by atoms with Crippen molar-refractivity contribution in [2.24, 2.45) is 23.5 Å². The lowest BCUT2D eigenvalue weighted by Gasteiger charge is -2.27. The Morgan fingerprint density at radius 3 is 1.91 bits per heavy atom. The van der Waals surface area contributed by atoms with Crippen LogP contribution in [0.3, 0.4) is 0 Å². The number of hydrogen-bond donors (Lipinski definition) is 8. The van der Waals surface area contributed by atoms with Gasteiger partial charge in [0.25, 0.3) is 0 Å². The first-order valence-electron chi connectivity index (χ1n) is 9.50. The minimum atomic E-state index is -1.00. The summed E-state index contributed by atoms with van der Waals surface area (Å²) in [5.74, 6) is -5.01. The van der Waals surface area contributed by atoms with Gasteiger partial charge in [-0.1, -0.05) is 0 Å². The maximum atomic E-state index is 10.8. The molecule has 0 saturated carbocycles. The van der Waals surface area contributed by atoms with E-state index in [9.17, 15) is 28.8 Å². The van der Waals surface area contributed by atoms with E-state index >= 15 is 0 Å². The van der Waals surface area contributed by atoms with Crippen LogP contribution in [-0.4, -0.2) is 103 Å². The highest BCUT2D eigenvalue weighted by Crippen LogP contribution is 2.04.